The van der Waals surface area contributed by atoms with Gasteiger partial charge in [-0.05, 0) is 43.4 Å². The number of Topliss-reactive ketones (excluding diaryl/α,β-unsaturated/α-hetero) is 2. The molecule has 0 saturated carbocycles. The van der Waals surface area contributed by atoms with E-state index in [1.54, 1.807) is 0 Å². The summed E-state index contributed by atoms with van der Waals surface area (Å²) in [5, 5.41) is 0.868. The van der Waals surface area contributed by atoms with Gasteiger partial charge in [0.05, 0.1) is 5.56 Å². The molecule has 0 radical (unpaired) electrons. The molecule has 0 N–H and O–H groups in total. The minimum atomic E-state index is -0.00316. The zero-order valence-corrected chi connectivity index (χ0v) is 11.4. The summed E-state index contributed by atoms with van der Waals surface area (Å²) in [4.78, 5) is 23.7. The third kappa shape index (κ3) is 1.65. The topological polar surface area (TPSA) is 47.3 Å². The highest BCUT2D eigenvalue weighted by atomic mass is 16.3. The highest BCUT2D eigenvalue weighted by Gasteiger charge is 2.27. The Labute approximate surface area is 111 Å². The third-order valence-electron chi connectivity index (χ3n) is 4.14. The van der Waals surface area contributed by atoms with Crippen LogP contribution >= 0.6 is 0 Å². The summed E-state index contributed by atoms with van der Waals surface area (Å²) < 4.78 is 5.47. The maximum absolute atomic E-state index is 12.1. The molecule has 0 saturated heterocycles. The van der Waals surface area contributed by atoms with Crippen molar-refractivity contribution in [2.75, 3.05) is 0 Å². The van der Waals surface area contributed by atoms with E-state index in [-0.39, 0.29) is 11.6 Å². The van der Waals surface area contributed by atoms with Crippen LogP contribution in [-0.2, 0) is 0 Å². The number of carbonyl (C=O) groups excluding carboxylic acids is 2. The molecule has 0 aliphatic heterocycles. The molecular weight excluding hydrogens is 240 g/mol. The Balaban J connectivity index is 2.41. The van der Waals surface area contributed by atoms with Crippen LogP contribution in [-0.4, -0.2) is 11.6 Å². The van der Waals surface area contributed by atoms with Gasteiger partial charge in [0.2, 0.25) is 0 Å². The van der Waals surface area contributed by atoms with Gasteiger partial charge in [0, 0.05) is 17.4 Å². The number of rotatable bonds is 1. The van der Waals surface area contributed by atoms with Crippen molar-refractivity contribution in [3.63, 3.8) is 0 Å². The molecule has 2 aromatic rings. The predicted octanol–water partition coefficient (Wildman–Crippen LogP) is 4.02. The van der Waals surface area contributed by atoms with Gasteiger partial charge in [0.25, 0.3) is 0 Å². The van der Waals surface area contributed by atoms with Crippen LogP contribution in [0.5, 0.6) is 0 Å². The first kappa shape index (κ1) is 12.2. The number of aryl methyl sites for hydroxylation is 1. The minimum absolute atomic E-state index is 0.00316. The van der Waals surface area contributed by atoms with Gasteiger partial charge in [0.1, 0.15) is 11.8 Å². The van der Waals surface area contributed by atoms with Crippen molar-refractivity contribution in [3.8, 4) is 0 Å². The van der Waals surface area contributed by atoms with E-state index in [0.717, 1.165) is 28.5 Å². The van der Waals surface area contributed by atoms with Gasteiger partial charge >= 0.3 is 0 Å². The average Bonchev–Trinajstić information content (AvgIpc) is 2.78. The van der Waals surface area contributed by atoms with Gasteiger partial charge in [-0.1, -0.05) is 6.92 Å². The number of benzene rings is 1. The molecule has 0 spiro atoms. The second-order valence-electron chi connectivity index (χ2n) is 5.40. The second-order valence-corrected chi connectivity index (χ2v) is 5.40. The molecular formula is C16H16O3. The first-order chi connectivity index (χ1) is 9.00. The SMILES string of the molecule is CC(=O)c1coc2cc3c(c(C)c12)C(C)CCC3=O. The Morgan fingerprint density at radius 1 is 1.42 bits per heavy atom. The maximum Gasteiger partial charge on any atom is 0.163 e. The number of hydrogen-bond donors (Lipinski definition) is 0. The smallest absolute Gasteiger partial charge is 0.163 e. The van der Waals surface area contributed by atoms with Crippen LogP contribution in [0.25, 0.3) is 11.0 Å². The lowest BCUT2D eigenvalue weighted by Crippen LogP contribution is -2.15. The summed E-state index contributed by atoms with van der Waals surface area (Å²) in [7, 11) is 0. The van der Waals surface area contributed by atoms with Gasteiger partial charge in [0.15, 0.2) is 11.6 Å². The second kappa shape index (κ2) is 4.05. The predicted molar refractivity (Wildman–Crippen MR) is 72.9 cm³/mol. The lowest BCUT2D eigenvalue weighted by Gasteiger charge is -2.23. The highest BCUT2D eigenvalue weighted by Crippen LogP contribution is 2.39. The van der Waals surface area contributed by atoms with Gasteiger partial charge < -0.3 is 4.42 Å². The fourth-order valence-electron chi connectivity index (χ4n) is 3.16. The molecule has 0 bridgehead atoms. The first-order valence-electron chi connectivity index (χ1n) is 6.59. The number of ketones is 2. The Hall–Kier alpha value is -1.90. The number of carbonyl (C=O) groups is 2. The van der Waals surface area contributed by atoms with Crippen LogP contribution in [0.2, 0.25) is 0 Å². The van der Waals surface area contributed by atoms with E-state index in [1.807, 2.05) is 13.0 Å². The molecule has 98 valence electrons. The van der Waals surface area contributed by atoms with Crippen molar-refractivity contribution >= 4 is 22.5 Å². The molecule has 1 atom stereocenters. The summed E-state index contributed by atoms with van der Waals surface area (Å²) in [6.45, 7) is 5.66. The van der Waals surface area contributed by atoms with Gasteiger partial charge in [-0.3, -0.25) is 9.59 Å². The van der Waals surface area contributed by atoms with Crippen LogP contribution in [0.15, 0.2) is 16.7 Å². The number of fused-ring (bicyclic) bond motifs is 2. The zero-order valence-electron chi connectivity index (χ0n) is 11.4. The molecule has 3 nitrogen and oxygen atoms in total. The van der Waals surface area contributed by atoms with Gasteiger partial charge in [-0.2, -0.15) is 0 Å². The number of hydrogen-bond acceptors (Lipinski definition) is 3. The van der Waals surface area contributed by atoms with E-state index in [9.17, 15) is 9.59 Å². The van der Waals surface area contributed by atoms with Gasteiger partial charge in [-0.15, -0.1) is 0 Å². The fourth-order valence-corrected chi connectivity index (χ4v) is 3.16. The van der Waals surface area contributed by atoms with Crippen LogP contribution < -0.4 is 0 Å². The summed E-state index contributed by atoms with van der Waals surface area (Å²) in [5.41, 5.74) is 4.14. The van der Waals surface area contributed by atoms with Crippen molar-refractivity contribution in [1.29, 1.82) is 0 Å². The van der Waals surface area contributed by atoms with E-state index in [2.05, 4.69) is 6.92 Å². The first-order valence-corrected chi connectivity index (χ1v) is 6.59. The lowest BCUT2D eigenvalue weighted by molar-refractivity contribution is 0.0966. The molecule has 1 heterocycles. The Morgan fingerprint density at radius 2 is 2.16 bits per heavy atom. The fraction of sp³-hybridized carbons (Fsp3) is 0.375. The largest absolute Gasteiger partial charge is 0.464 e. The van der Waals surface area contributed by atoms with Crippen LogP contribution in [0.4, 0.5) is 0 Å². The molecule has 0 amide bonds. The number of furan rings is 1. The van der Waals surface area contributed by atoms with E-state index in [0.29, 0.717) is 23.5 Å². The van der Waals surface area contributed by atoms with E-state index in [4.69, 9.17) is 4.42 Å². The summed E-state index contributed by atoms with van der Waals surface area (Å²) in [6, 6.07) is 1.81. The summed E-state index contributed by atoms with van der Waals surface area (Å²) in [5.74, 6) is 0.530. The molecule has 1 aromatic carbocycles. The zero-order chi connectivity index (χ0) is 13.7. The molecule has 1 aliphatic carbocycles. The van der Waals surface area contributed by atoms with E-state index in [1.165, 1.54) is 13.2 Å². The molecule has 1 unspecified atom stereocenters. The standard InChI is InChI=1S/C16H16O3/c1-8-4-5-13(18)11-6-14-16(9(2)15(8)11)12(7-19-14)10(3)17/h6-8H,4-5H2,1-3H3. The molecule has 1 aliphatic rings. The Bertz CT molecular complexity index is 706. The van der Waals surface area contributed by atoms with Crippen molar-refractivity contribution in [2.24, 2.45) is 0 Å². The normalized spacial score (nSPS) is 18.7. The minimum Gasteiger partial charge on any atom is -0.464 e. The molecule has 19 heavy (non-hydrogen) atoms. The molecule has 3 rings (SSSR count). The van der Waals surface area contributed by atoms with Crippen molar-refractivity contribution < 1.29 is 14.0 Å². The molecule has 3 heteroatoms. The molecule has 1 aromatic heterocycles. The van der Waals surface area contributed by atoms with Gasteiger partial charge in [-0.25, -0.2) is 0 Å². The Kier molecular flexibility index (Phi) is 2.59. The van der Waals surface area contributed by atoms with Crippen LogP contribution in [0, 0.1) is 6.92 Å². The third-order valence-corrected chi connectivity index (χ3v) is 4.14. The Morgan fingerprint density at radius 3 is 2.84 bits per heavy atom. The van der Waals surface area contributed by atoms with Crippen LogP contribution in [0.1, 0.15) is 64.4 Å². The molecule has 0 fully saturated rings. The summed E-state index contributed by atoms with van der Waals surface area (Å²) >= 11 is 0. The quantitative estimate of drug-likeness (QED) is 0.724. The van der Waals surface area contributed by atoms with E-state index < -0.39 is 0 Å². The maximum atomic E-state index is 12.1. The monoisotopic (exact) mass is 256 g/mol. The highest BCUT2D eigenvalue weighted by molar-refractivity contribution is 6.10. The average molecular weight is 256 g/mol. The lowest BCUT2D eigenvalue weighted by atomic mass is 9.79. The van der Waals surface area contributed by atoms with Crippen molar-refractivity contribution in [1.82, 2.24) is 0 Å². The van der Waals surface area contributed by atoms with Crippen molar-refractivity contribution in [3.05, 3.63) is 34.6 Å². The van der Waals surface area contributed by atoms with Crippen molar-refractivity contribution in [2.45, 2.75) is 39.5 Å². The van der Waals surface area contributed by atoms with Crippen LogP contribution in [0.3, 0.4) is 0 Å². The van der Waals surface area contributed by atoms with E-state index >= 15 is 0 Å². The summed E-state index contributed by atoms with van der Waals surface area (Å²) in [6.07, 6.45) is 2.98.